The van der Waals surface area contributed by atoms with E-state index in [4.69, 9.17) is 0 Å². The molecule has 0 bridgehead atoms. The predicted octanol–water partition coefficient (Wildman–Crippen LogP) is 3.09. The molecule has 0 aliphatic carbocycles. The molecule has 1 aromatic carbocycles. The molecule has 144 valence electrons. The van der Waals surface area contributed by atoms with Crippen LogP contribution >= 0.6 is 11.3 Å². The predicted molar refractivity (Wildman–Crippen MR) is 109 cm³/mol. The molecule has 3 rings (SSSR count). The lowest BCUT2D eigenvalue weighted by atomic mass is 10.1. The van der Waals surface area contributed by atoms with Gasteiger partial charge in [-0.15, -0.1) is 11.3 Å². The summed E-state index contributed by atoms with van der Waals surface area (Å²) in [4.78, 5) is 28.1. The lowest BCUT2D eigenvalue weighted by Gasteiger charge is -2.26. The van der Waals surface area contributed by atoms with Crippen molar-refractivity contribution in [1.29, 1.82) is 0 Å². The van der Waals surface area contributed by atoms with Crippen LogP contribution in [0.25, 0.3) is 0 Å². The van der Waals surface area contributed by atoms with E-state index in [1.54, 1.807) is 6.07 Å². The highest BCUT2D eigenvalue weighted by atomic mass is 32.1. The second kappa shape index (κ2) is 9.67. The average molecular weight is 386 g/mol. The van der Waals surface area contributed by atoms with Crippen LogP contribution in [-0.2, 0) is 17.9 Å². The first-order chi connectivity index (χ1) is 13.1. The smallest absolute Gasteiger partial charge is 0.261 e. The molecule has 0 spiro atoms. The summed E-state index contributed by atoms with van der Waals surface area (Å²) in [5.41, 5.74) is 2.37. The first-order valence-electron chi connectivity index (χ1n) is 9.51. The van der Waals surface area contributed by atoms with Crippen molar-refractivity contribution in [2.24, 2.45) is 0 Å². The van der Waals surface area contributed by atoms with Crippen molar-refractivity contribution in [2.75, 3.05) is 19.6 Å². The maximum absolute atomic E-state index is 12.0. The minimum absolute atomic E-state index is 0.0111. The van der Waals surface area contributed by atoms with E-state index >= 15 is 0 Å². The van der Waals surface area contributed by atoms with Crippen LogP contribution in [0.4, 0.5) is 0 Å². The number of likely N-dealkylation sites (tertiary alicyclic amines) is 1. The van der Waals surface area contributed by atoms with E-state index in [-0.39, 0.29) is 18.4 Å². The van der Waals surface area contributed by atoms with E-state index < -0.39 is 0 Å². The number of hydrogen-bond donors (Lipinski definition) is 2. The van der Waals surface area contributed by atoms with Crippen molar-refractivity contribution in [1.82, 2.24) is 15.5 Å². The number of benzene rings is 1. The summed E-state index contributed by atoms with van der Waals surface area (Å²) in [7, 11) is 0. The van der Waals surface area contributed by atoms with Gasteiger partial charge in [-0.2, -0.15) is 0 Å². The van der Waals surface area contributed by atoms with Crippen molar-refractivity contribution >= 4 is 23.2 Å². The van der Waals surface area contributed by atoms with E-state index in [9.17, 15) is 9.59 Å². The normalized spacial score (nSPS) is 14.7. The molecule has 2 aromatic rings. The van der Waals surface area contributed by atoms with Crippen LogP contribution in [0.1, 0.15) is 44.9 Å². The summed E-state index contributed by atoms with van der Waals surface area (Å²) in [6.45, 7) is 5.79. The van der Waals surface area contributed by atoms with Gasteiger partial charge in [0.15, 0.2) is 0 Å². The number of nitrogens with one attached hydrogen (secondary N) is 2. The first-order valence-corrected chi connectivity index (χ1v) is 10.3. The number of carbonyl (C=O) groups excluding carboxylic acids is 2. The Morgan fingerprint density at radius 1 is 0.963 bits per heavy atom. The van der Waals surface area contributed by atoms with Crippen LogP contribution in [0.3, 0.4) is 0 Å². The first kappa shape index (κ1) is 19.6. The second-order valence-corrected chi connectivity index (χ2v) is 8.31. The van der Waals surface area contributed by atoms with Crippen molar-refractivity contribution in [2.45, 2.75) is 39.3 Å². The van der Waals surface area contributed by atoms with E-state index in [2.05, 4.69) is 39.8 Å². The summed E-state index contributed by atoms with van der Waals surface area (Å²) in [6, 6.07) is 12.1. The van der Waals surface area contributed by atoms with E-state index in [0.717, 1.165) is 17.0 Å². The Morgan fingerprint density at radius 2 is 1.67 bits per heavy atom. The SMILES string of the molecule is Cc1ccc(C(=O)NCC(=O)NCc2ccc(CN3CCCCC3)cc2)s1. The summed E-state index contributed by atoms with van der Waals surface area (Å²) in [5, 5.41) is 5.51. The number of rotatable bonds is 7. The zero-order valence-corrected chi connectivity index (χ0v) is 16.6. The van der Waals surface area contributed by atoms with Crippen molar-refractivity contribution in [3.8, 4) is 0 Å². The average Bonchev–Trinajstić information content (AvgIpc) is 3.13. The Bertz CT molecular complexity index is 764. The zero-order valence-electron chi connectivity index (χ0n) is 15.8. The second-order valence-electron chi connectivity index (χ2n) is 7.02. The van der Waals surface area contributed by atoms with Crippen LogP contribution in [0.5, 0.6) is 0 Å². The highest BCUT2D eigenvalue weighted by Gasteiger charge is 2.11. The summed E-state index contributed by atoms with van der Waals surface area (Å²) >= 11 is 1.42. The highest BCUT2D eigenvalue weighted by molar-refractivity contribution is 7.13. The lowest BCUT2D eigenvalue weighted by Crippen LogP contribution is -2.36. The van der Waals surface area contributed by atoms with Gasteiger partial charge in [-0.1, -0.05) is 30.7 Å². The molecule has 2 N–H and O–H groups in total. The van der Waals surface area contributed by atoms with Crippen LogP contribution < -0.4 is 10.6 Å². The van der Waals surface area contributed by atoms with Gasteiger partial charge in [-0.05, 0) is 56.1 Å². The number of nitrogens with zero attached hydrogens (tertiary/aromatic N) is 1. The molecule has 0 unspecified atom stereocenters. The van der Waals surface area contributed by atoms with Gasteiger partial charge in [0.25, 0.3) is 5.91 Å². The minimum Gasteiger partial charge on any atom is -0.350 e. The van der Waals surface area contributed by atoms with Crippen LogP contribution in [0.2, 0.25) is 0 Å². The van der Waals surface area contributed by atoms with E-state index in [1.807, 2.05) is 13.0 Å². The van der Waals surface area contributed by atoms with Gasteiger partial charge < -0.3 is 10.6 Å². The summed E-state index contributed by atoms with van der Waals surface area (Å²) in [6.07, 6.45) is 3.95. The Morgan fingerprint density at radius 3 is 2.33 bits per heavy atom. The van der Waals surface area contributed by atoms with Gasteiger partial charge in [-0.3, -0.25) is 14.5 Å². The molecular weight excluding hydrogens is 358 g/mol. The molecule has 5 nitrogen and oxygen atoms in total. The van der Waals surface area contributed by atoms with Crippen LogP contribution in [0.15, 0.2) is 36.4 Å². The monoisotopic (exact) mass is 385 g/mol. The fourth-order valence-electron chi connectivity index (χ4n) is 3.21. The van der Waals surface area contributed by atoms with Gasteiger partial charge in [0.1, 0.15) is 0 Å². The molecule has 2 amide bonds. The van der Waals surface area contributed by atoms with Crippen molar-refractivity contribution in [3.63, 3.8) is 0 Å². The topological polar surface area (TPSA) is 61.4 Å². The number of carbonyl (C=O) groups is 2. The molecule has 0 atom stereocenters. The number of thiophene rings is 1. The third-order valence-corrected chi connectivity index (χ3v) is 5.74. The fourth-order valence-corrected chi connectivity index (χ4v) is 3.99. The third-order valence-electron chi connectivity index (χ3n) is 4.74. The Balaban J connectivity index is 1.38. The fraction of sp³-hybridized carbons (Fsp3) is 0.429. The molecule has 0 radical (unpaired) electrons. The molecule has 1 aliphatic heterocycles. The highest BCUT2D eigenvalue weighted by Crippen LogP contribution is 2.15. The molecule has 27 heavy (non-hydrogen) atoms. The maximum atomic E-state index is 12.0. The number of aryl methyl sites for hydroxylation is 1. The van der Waals surface area contributed by atoms with Gasteiger partial charge in [0, 0.05) is 18.0 Å². The molecule has 2 heterocycles. The minimum atomic E-state index is -0.203. The third kappa shape index (κ3) is 6.19. The lowest BCUT2D eigenvalue weighted by molar-refractivity contribution is -0.120. The number of amides is 2. The largest absolute Gasteiger partial charge is 0.350 e. The zero-order chi connectivity index (χ0) is 19.1. The van der Waals surface area contributed by atoms with Crippen molar-refractivity contribution < 1.29 is 9.59 Å². The summed E-state index contributed by atoms with van der Waals surface area (Å²) in [5.74, 6) is -0.390. The van der Waals surface area contributed by atoms with Gasteiger partial charge >= 0.3 is 0 Å². The Labute approximate surface area is 164 Å². The standard InChI is InChI=1S/C21H27N3O2S/c1-16-5-10-19(27-16)21(26)23-14-20(25)22-13-17-6-8-18(9-7-17)15-24-11-3-2-4-12-24/h5-10H,2-4,11-15H2,1H3,(H,22,25)(H,23,26). The molecule has 0 saturated carbocycles. The molecule has 1 aliphatic rings. The number of hydrogen-bond acceptors (Lipinski definition) is 4. The summed E-state index contributed by atoms with van der Waals surface area (Å²) < 4.78 is 0. The molecule has 1 saturated heterocycles. The molecule has 6 heteroatoms. The Kier molecular flexibility index (Phi) is 7.01. The van der Waals surface area contributed by atoms with Crippen LogP contribution in [0, 0.1) is 6.92 Å². The van der Waals surface area contributed by atoms with E-state index in [0.29, 0.717) is 11.4 Å². The molecule has 1 fully saturated rings. The van der Waals surface area contributed by atoms with Gasteiger partial charge in [0.2, 0.25) is 5.91 Å². The van der Waals surface area contributed by atoms with Gasteiger partial charge in [-0.25, -0.2) is 0 Å². The molecular formula is C21H27N3O2S. The van der Waals surface area contributed by atoms with Crippen LogP contribution in [-0.4, -0.2) is 36.3 Å². The molecule has 1 aromatic heterocycles. The van der Waals surface area contributed by atoms with Gasteiger partial charge in [0.05, 0.1) is 11.4 Å². The van der Waals surface area contributed by atoms with Crippen molar-refractivity contribution in [3.05, 3.63) is 57.3 Å². The number of piperidine rings is 1. The quantitative estimate of drug-likeness (QED) is 0.770. The Hall–Kier alpha value is -2.18. The van der Waals surface area contributed by atoms with E-state index in [1.165, 1.54) is 49.3 Å². The maximum Gasteiger partial charge on any atom is 0.261 e.